The van der Waals surface area contributed by atoms with Crippen LogP contribution < -0.4 is 4.90 Å². The third-order valence-corrected chi connectivity index (χ3v) is 3.26. The third kappa shape index (κ3) is 3.28. The fraction of sp³-hybridized carbons (Fsp3) is 0.455. The maximum atomic E-state index is 10.4. The van der Waals surface area contributed by atoms with Crippen molar-refractivity contribution in [2.45, 2.75) is 0 Å². The van der Waals surface area contributed by atoms with Gasteiger partial charge in [-0.15, -0.1) is 4.36 Å². The molecule has 0 saturated carbocycles. The topological polar surface area (TPSA) is 53.0 Å². The Morgan fingerprint density at radius 3 is 2.18 bits per heavy atom. The lowest BCUT2D eigenvalue weighted by Crippen LogP contribution is -2.44. The summed E-state index contributed by atoms with van der Waals surface area (Å²) >= 11 is 0. The Morgan fingerprint density at radius 1 is 1.06 bits per heavy atom. The first-order valence-corrected chi connectivity index (χ1v) is 6.53. The predicted molar refractivity (Wildman–Crippen MR) is 67.2 cm³/mol. The largest absolute Gasteiger partial charge is 0.369 e. The summed E-state index contributed by atoms with van der Waals surface area (Å²) in [5.74, 6) is 0. The molecule has 0 aromatic heterocycles. The summed E-state index contributed by atoms with van der Waals surface area (Å²) in [5.41, 5.74) is 1.59. The number of rotatable bonds is 2. The second kappa shape index (κ2) is 5.29. The highest BCUT2D eigenvalue weighted by Gasteiger charge is 2.13. The summed E-state index contributed by atoms with van der Waals surface area (Å²) in [6, 6.07) is 7.28. The van der Waals surface area contributed by atoms with Crippen LogP contribution in [0.3, 0.4) is 0 Å². The second-order valence-corrected chi connectivity index (χ2v) is 4.73. The number of hydrogen-bond acceptors (Lipinski definition) is 5. The Morgan fingerprint density at radius 2 is 1.65 bits per heavy atom. The predicted octanol–water partition coefficient (Wildman–Crippen LogP) is 1.13. The molecular formula is C11H15N3O2S. The van der Waals surface area contributed by atoms with Gasteiger partial charge in [-0.25, -0.2) is 0 Å². The van der Waals surface area contributed by atoms with Gasteiger partial charge in [-0.2, -0.15) is 8.42 Å². The number of piperazine rings is 1. The van der Waals surface area contributed by atoms with Crippen LogP contribution in [0.4, 0.5) is 11.4 Å². The number of anilines is 1. The molecule has 92 valence electrons. The zero-order valence-corrected chi connectivity index (χ0v) is 10.5. The van der Waals surface area contributed by atoms with Crippen LogP contribution in [-0.2, 0) is 10.5 Å². The van der Waals surface area contributed by atoms with Crippen molar-refractivity contribution in [3.05, 3.63) is 24.3 Å². The highest BCUT2D eigenvalue weighted by molar-refractivity contribution is 7.61. The smallest absolute Gasteiger partial charge is 0.316 e. The van der Waals surface area contributed by atoms with Gasteiger partial charge < -0.3 is 9.80 Å². The van der Waals surface area contributed by atoms with Crippen molar-refractivity contribution in [1.82, 2.24) is 4.90 Å². The Labute approximate surface area is 102 Å². The van der Waals surface area contributed by atoms with Gasteiger partial charge >= 0.3 is 10.5 Å². The first kappa shape index (κ1) is 12.1. The van der Waals surface area contributed by atoms with E-state index >= 15 is 0 Å². The lowest BCUT2D eigenvalue weighted by molar-refractivity contribution is 0.313. The number of benzene rings is 1. The van der Waals surface area contributed by atoms with E-state index in [1.54, 1.807) is 12.1 Å². The Kier molecular flexibility index (Phi) is 3.75. The molecule has 1 aromatic rings. The molecule has 1 saturated heterocycles. The third-order valence-electron chi connectivity index (χ3n) is 2.90. The normalized spacial score (nSPS) is 16.9. The molecule has 1 fully saturated rings. The van der Waals surface area contributed by atoms with Crippen LogP contribution in [0.5, 0.6) is 0 Å². The van der Waals surface area contributed by atoms with E-state index in [2.05, 4.69) is 21.2 Å². The minimum absolute atomic E-state index is 0.469. The molecule has 2 rings (SSSR count). The fourth-order valence-corrected chi connectivity index (χ4v) is 2.17. The Bertz CT molecular complexity index is 494. The molecule has 0 bridgehead atoms. The zero-order chi connectivity index (χ0) is 12.3. The Hall–Kier alpha value is -1.40. The quantitative estimate of drug-likeness (QED) is 0.793. The highest BCUT2D eigenvalue weighted by atomic mass is 32.2. The summed E-state index contributed by atoms with van der Waals surface area (Å²) in [5, 5.41) is 0. The van der Waals surface area contributed by atoms with Gasteiger partial charge in [0, 0.05) is 31.9 Å². The van der Waals surface area contributed by atoms with Gasteiger partial charge in [0.15, 0.2) is 0 Å². The van der Waals surface area contributed by atoms with E-state index in [1.807, 2.05) is 12.1 Å². The molecule has 1 aliphatic rings. The van der Waals surface area contributed by atoms with Crippen LogP contribution >= 0.6 is 0 Å². The summed E-state index contributed by atoms with van der Waals surface area (Å²) in [6.07, 6.45) is 0. The van der Waals surface area contributed by atoms with Crippen LogP contribution in [0.25, 0.3) is 0 Å². The Balaban J connectivity index is 2.10. The van der Waals surface area contributed by atoms with E-state index in [0.29, 0.717) is 5.69 Å². The molecular weight excluding hydrogens is 238 g/mol. The van der Waals surface area contributed by atoms with Crippen molar-refractivity contribution < 1.29 is 8.42 Å². The van der Waals surface area contributed by atoms with E-state index in [9.17, 15) is 8.42 Å². The molecule has 0 radical (unpaired) electrons. The molecule has 0 aliphatic carbocycles. The SMILES string of the molecule is CN1CCN(c2ccc(N=S(=O)=O)cc2)CC1. The van der Waals surface area contributed by atoms with E-state index < -0.39 is 10.5 Å². The van der Waals surface area contributed by atoms with Crippen molar-refractivity contribution in [2.24, 2.45) is 4.36 Å². The van der Waals surface area contributed by atoms with Gasteiger partial charge in [0.2, 0.25) is 0 Å². The number of nitrogens with zero attached hydrogens (tertiary/aromatic N) is 3. The number of hydrogen-bond donors (Lipinski definition) is 0. The molecule has 0 atom stereocenters. The fourth-order valence-electron chi connectivity index (χ4n) is 1.88. The maximum absolute atomic E-state index is 10.4. The van der Waals surface area contributed by atoms with E-state index in [1.165, 1.54) is 0 Å². The summed E-state index contributed by atoms with van der Waals surface area (Å²) < 4.78 is 24.3. The molecule has 1 heterocycles. The summed E-state index contributed by atoms with van der Waals surface area (Å²) in [4.78, 5) is 4.58. The number of likely N-dealkylation sites (N-methyl/N-ethyl adjacent to an activating group) is 1. The molecule has 0 amide bonds. The van der Waals surface area contributed by atoms with Gasteiger partial charge in [-0.05, 0) is 31.3 Å². The average Bonchev–Trinajstić information content (AvgIpc) is 2.30. The first-order chi connectivity index (χ1) is 8.15. The lowest BCUT2D eigenvalue weighted by atomic mass is 10.2. The van der Waals surface area contributed by atoms with Crippen LogP contribution in [0.15, 0.2) is 28.6 Å². The molecule has 17 heavy (non-hydrogen) atoms. The van der Waals surface area contributed by atoms with Crippen molar-refractivity contribution in [3.63, 3.8) is 0 Å². The van der Waals surface area contributed by atoms with Crippen molar-refractivity contribution in [1.29, 1.82) is 0 Å². The molecule has 6 heteroatoms. The van der Waals surface area contributed by atoms with Gasteiger partial charge in [-0.3, -0.25) is 0 Å². The maximum Gasteiger partial charge on any atom is 0.316 e. The minimum Gasteiger partial charge on any atom is -0.369 e. The molecule has 0 N–H and O–H groups in total. The second-order valence-electron chi connectivity index (χ2n) is 4.12. The van der Waals surface area contributed by atoms with Crippen molar-refractivity contribution in [3.8, 4) is 0 Å². The van der Waals surface area contributed by atoms with E-state index in [4.69, 9.17) is 0 Å². The van der Waals surface area contributed by atoms with Crippen LogP contribution in [0.1, 0.15) is 0 Å². The zero-order valence-electron chi connectivity index (χ0n) is 9.70. The van der Waals surface area contributed by atoms with Crippen LogP contribution in [-0.4, -0.2) is 46.5 Å². The van der Waals surface area contributed by atoms with Crippen LogP contribution in [0, 0.1) is 0 Å². The van der Waals surface area contributed by atoms with Gasteiger partial charge in [0.05, 0.1) is 5.69 Å². The monoisotopic (exact) mass is 253 g/mol. The summed E-state index contributed by atoms with van der Waals surface area (Å²) in [6.45, 7) is 4.11. The van der Waals surface area contributed by atoms with Gasteiger partial charge in [-0.1, -0.05) is 0 Å². The van der Waals surface area contributed by atoms with Crippen molar-refractivity contribution >= 4 is 21.9 Å². The van der Waals surface area contributed by atoms with E-state index in [-0.39, 0.29) is 0 Å². The molecule has 0 unspecified atom stereocenters. The van der Waals surface area contributed by atoms with Crippen molar-refractivity contribution in [2.75, 3.05) is 38.1 Å². The average molecular weight is 253 g/mol. The van der Waals surface area contributed by atoms with Crippen LogP contribution in [0.2, 0.25) is 0 Å². The van der Waals surface area contributed by atoms with E-state index in [0.717, 1.165) is 31.9 Å². The lowest BCUT2D eigenvalue weighted by Gasteiger charge is -2.34. The van der Waals surface area contributed by atoms with Gasteiger partial charge in [0.25, 0.3) is 0 Å². The molecule has 5 nitrogen and oxygen atoms in total. The highest BCUT2D eigenvalue weighted by Crippen LogP contribution is 2.20. The minimum atomic E-state index is -2.38. The first-order valence-electron chi connectivity index (χ1n) is 5.50. The van der Waals surface area contributed by atoms with Gasteiger partial charge in [0.1, 0.15) is 0 Å². The molecule has 0 spiro atoms. The molecule has 1 aliphatic heterocycles. The standard InChI is InChI=1S/C11H15N3O2S/c1-13-6-8-14(9-7-13)11-4-2-10(3-5-11)12-17(15)16/h2-5H,6-9H2,1H3. The molecule has 1 aromatic carbocycles. The summed E-state index contributed by atoms with van der Waals surface area (Å²) in [7, 11) is -0.264.